The lowest BCUT2D eigenvalue weighted by molar-refractivity contribution is 0.0938. The van der Waals surface area contributed by atoms with Crippen molar-refractivity contribution in [1.82, 2.24) is 5.32 Å². The van der Waals surface area contributed by atoms with E-state index in [0.29, 0.717) is 22.5 Å². The minimum atomic E-state index is -0.239. The molecule has 4 nitrogen and oxygen atoms in total. The molecule has 2 aromatic rings. The molecule has 0 radical (unpaired) electrons. The molecule has 0 spiro atoms. The number of rotatable bonds is 8. The Kier molecular flexibility index (Phi) is 6.29. The fourth-order valence-corrected chi connectivity index (χ4v) is 3.04. The van der Waals surface area contributed by atoms with Gasteiger partial charge in [0.05, 0.1) is 10.4 Å². The minimum absolute atomic E-state index is 0.124. The zero-order chi connectivity index (χ0) is 17.6. The Morgan fingerprint density at radius 2 is 1.83 bits per heavy atom. The van der Waals surface area contributed by atoms with Crippen LogP contribution in [0.15, 0.2) is 41.8 Å². The molecule has 2 N–H and O–H groups in total. The topological polar surface area (TPSA) is 66.4 Å². The zero-order valence-corrected chi connectivity index (χ0v) is 14.9. The van der Waals surface area contributed by atoms with Gasteiger partial charge >= 0.3 is 0 Å². The third kappa shape index (κ3) is 4.76. The van der Waals surface area contributed by atoms with Crippen LogP contribution >= 0.6 is 11.3 Å². The van der Waals surface area contributed by atoms with Gasteiger partial charge in [-0.3, -0.25) is 9.59 Å². The Labute approximate surface area is 146 Å². The van der Waals surface area contributed by atoms with Crippen molar-refractivity contribution in [2.24, 2.45) is 5.41 Å². The molecule has 128 valence electrons. The molecule has 0 saturated heterocycles. The summed E-state index contributed by atoms with van der Waals surface area (Å²) in [6.45, 7) is 4.62. The average molecular weight is 345 g/mol. The number of benzene rings is 1. The number of amides is 1. The number of aliphatic hydroxyl groups is 1. The normalized spacial score (nSPS) is 11.3. The maximum Gasteiger partial charge on any atom is 0.252 e. The van der Waals surface area contributed by atoms with Gasteiger partial charge in [-0.25, -0.2) is 0 Å². The first-order chi connectivity index (χ1) is 11.4. The maximum atomic E-state index is 12.5. The molecule has 1 aromatic carbocycles. The van der Waals surface area contributed by atoms with E-state index in [2.05, 4.69) is 5.32 Å². The second kappa shape index (κ2) is 8.22. The highest BCUT2D eigenvalue weighted by Gasteiger charge is 2.19. The lowest BCUT2D eigenvalue weighted by Gasteiger charge is -2.21. The fraction of sp³-hybridized carbons (Fsp3) is 0.368. The Morgan fingerprint density at radius 1 is 1.12 bits per heavy atom. The molecular weight excluding hydrogens is 322 g/mol. The predicted molar refractivity (Wildman–Crippen MR) is 96.6 cm³/mol. The Morgan fingerprint density at radius 3 is 2.46 bits per heavy atom. The molecule has 0 aliphatic heterocycles. The zero-order valence-electron chi connectivity index (χ0n) is 14.0. The lowest BCUT2D eigenvalue weighted by atomic mass is 9.89. The van der Waals surface area contributed by atoms with Crippen LogP contribution in [0.4, 0.5) is 0 Å². The molecule has 0 fully saturated rings. The van der Waals surface area contributed by atoms with Crippen LogP contribution in [-0.2, 0) is 0 Å². The highest BCUT2D eigenvalue weighted by molar-refractivity contribution is 7.12. The fourth-order valence-electron chi connectivity index (χ4n) is 2.36. The van der Waals surface area contributed by atoms with Crippen LogP contribution in [0.1, 0.15) is 52.3 Å². The van der Waals surface area contributed by atoms with E-state index in [1.807, 2.05) is 25.3 Å². The van der Waals surface area contributed by atoms with Gasteiger partial charge in [-0.2, -0.15) is 0 Å². The first-order valence-corrected chi connectivity index (χ1v) is 8.89. The van der Waals surface area contributed by atoms with E-state index in [1.165, 1.54) is 11.3 Å². The van der Waals surface area contributed by atoms with Crippen molar-refractivity contribution >= 4 is 23.0 Å². The third-order valence-electron chi connectivity index (χ3n) is 3.91. The molecule has 0 aliphatic rings. The monoisotopic (exact) mass is 345 g/mol. The number of carbonyl (C=O) groups excluding carboxylic acids is 2. The molecule has 0 bridgehead atoms. The lowest BCUT2D eigenvalue weighted by Crippen LogP contribution is -2.27. The first kappa shape index (κ1) is 18.4. The molecule has 5 heteroatoms. The van der Waals surface area contributed by atoms with Crippen LogP contribution < -0.4 is 5.32 Å². The quantitative estimate of drug-likeness (QED) is 0.568. The van der Waals surface area contributed by atoms with E-state index in [1.54, 1.807) is 30.3 Å². The van der Waals surface area contributed by atoms with Gasteiger partial charge in [0.25, 0.3) is 5.91 Å². The molecule has 0 atom stereocenters. The second-order valence-corrected chi connectivity index (χ2v) is 7.48. The van der Waals surface area contributed by atoms with Gasteiger partial charge in [0.1, 0.15) is 0 Å². The largest absolute Gasteiger partial charge is 0.396 e. The van der Waals surface area contributed by atoms with Crippen molar-refractivity contribution in [3.8, 4) is 0 Å². The molecule has 0 aliphatic carbocycles. The summed E-state index contributed by atoms with van der Waals surface area (Å²) in [6.07, 6.45) is 1.60. The number of hydrogen-bond donors (Lipinski definition) is 2. The van der Waals surface area contributed by atoms with Crippen molar-refractivity contribution in [3.63, 3.8) is 0 Å². The van der Waals surface area contributed by atoms with E-state index < -0.39 is 0 Å². The summed E-state index contributed by atoms with van der Waals surface area (Å²) >= 11 is 1.37. The van der Waals surface area contributed by atoms with E-state index in [9.17, 15) is 14.7 Å². The molecule has 0 unspecified atom stereocenters. The van der Waals surface area contributed by atoms with Crippen molar-refractivity contribution in [1.29, 1.82) is 0 Å². The second-order valence-electron chi connectivity index (χ2n) is 6.53. The Hall–Kier alpha value is -1.98. The Balaban J connectivity index is 2.01. The van der Waals surface area contributed by atoms with Crippen LogP contribution in [-0.4, -0.2) is 29.9 Å². The Bertz CT molecular complexity index is 692. The van der Waals surface area contributed by atoms with Gasteiger partial charge in [-0.05, 0) is 35.8 Å². The third-order valence-corrected chi connectivity index (χ3v) is 4.77. The van der Waals surface area contributed by atoms with Gasteiger partial charge < -0.3 is 10.4 Å². The standard InChI is InChI=1S/C19H23NO3S/c1-19(2,13-21)10-6-11-20-18(23)15-8-4-3-7-14(15)17(22)16-9-5-12-24-16/h3-5,7-9,12,21H,6,10-11,13H2,1-2H3,(H,20,23). The molecule has 24 heavy (non-hydrogen) atoms. The van der Waals surface area contributed by atoms with E-state index in [0.717, 1.165) is 12.8 Å². The summed E-state index contributed by atoms with van der Waals surface area (Å²) in [5.41, 5.74) is 0.683. The molecule has 1 amide bonds. The first-order valence-electron chi connectivity index (χ1n) is 8.01. The molecule has 0 saturated carbocycles. The van der Waals surface area contributed by atoms with Crippen LogP contribution in [0, 0.1) is 5.41 Å². The SMILES string of the molecule is CC(C)(CO)CCCNC(=O)c1ccccc1C(=O)c1cccs1. The summed E-state index contributed by atoms with van der Waals surface area (Å²) in [5, 5.41) is 14.0. The van der Waals surface area contributed by atoms with Crippen LogP contribution in [0.5, 0.6) is 0 Å². The summed E-state index contributed by atoms with van der Waals surface area (Å²) < 4.78 is 0. The number of nitrogens with one attached hydrogen (secondary N) is 1. The predicted octanol–water partition coefficient (Wildman–Crippen LogP) is 3.51. The van der Waals surface area contributed by atoms with Crippen molar-refractivity contribution in [3.05, 3.63) is 57.8 Å². The number of ketones is 1. The number of carbonyl (C=O) groups is 2. The molecule has 2 rings (SSSR count). The molecule has 1 aromatic heterocycles. The maximum absolute atomic E-state index is 12.5. The van der Waals surface area contributed by atoms with Crippen molar-refractivity contribution in [2.45, 2.75) is 26.7 Å². The van der Waals surface area contributed by atoms with E-state index in [4.69, 9.17) is 0 Å². The summed E-state index contributed by atoms with van der Waals surface area (Å²) in [4.78, 5) is 25.6. The number of aliphatic hydroxyl groups excluding tert-OH is 1. The van der Waals surface area contributed by atoms with E-state index in [-0.39, 0.29) is 23.7 Å². The molecular formula is C19H23NO3S. The highest BCUT2D eigenvalue weighted by Crippen LogP contribution is 2.21. The molecule has 1 heterocycles. The van der Waals surface area contributed by atoms with Gasteiger partial charge in [0.2, 0.25) is 5.78 Å². The number of thiophene rings is 1. The smallest absolute Gasteiger partial charge is 0.252 e. The van der Waals surface area contributed by atoms with Gasteiger partial charge in [0, 0.05) is 18.7 Å². The van der Waals surface area contributed by atoms with Crippen LogP contribution in [0.25, 0.3) is 0 Å². The summed E-state index contributed by atoms with van der Waals surface area (Å²) in [6, 6.07) is 10.5. The summed E-state index contributed by atoms with van der Waals surface area (Å²) in [7, 11) is 0. The van der Waals surface area contributed by atoms with Crippen LogP contribution in [0.3, 0.4) is 0 Å². The van der Waals surface area contributed by atoms with E-state index >= 15 is 0 Å². The minimum Gasteiger partial charge on any atom is -0.396 e. The van der Waals surface area contributed by atoms with Gasteiger partial charge in [0.15, 0.2) is 0 Å². The van der Waals surface area contributed by atoms with Crippen molar-refractivity contribution in [2.75, 3.05) is 13.2 Å². The number of hydrogen-bond acceptors (Lipinski definition) is 4. The summed E-state index contributed by atoms with van der Waals surface area (Å²) in [5.74, 6) is -0.366. The van der Waals surface area contributed by atoms with Gasteiger partial charge in [-0.15, -0.1) is 11.3 Å². The van der Waals surface area contributed by atoms with Crippen molar-refractivity contribution < 1.29 is 14.7 Å². The van der Waals surface area contributed by atoms with Gasteiger partial charge in [-0.1, -0.05) is 38.1 Å². The average Bonchev–Trinajstić information content (AvgIpc) is 3.12. The van der Waals surface area contributed by atoms with Crippen LogP contribution in [0.2, 0.25) is 0 Å². The highest BCUT2D eigenvalue weighted by atomic mass is 32.1.